The lowest BCUT2D eigenvalue weighted by Gasteiger charge is -2.05. The molecule has 22 heavy (non-hydrogen) atoms. The summed E-state index contributed by atoms with van der Waals surface area (Å²) in [6.07, 6.45) is 3.76. The largest absolute Gasteiger partial charge is 0.497 e. The van der Waals surface area contributed by atoms with Crippen LogP contribution in [0, 0.1) is 0 Å². The van der Waals surface area contributed by atoms with Gasteiger partial charge in [0.05, 0.1) is 24.2 Å². The molecule has 0 saturated heterocycles. The summed E-state index contributed by atoms with van der Waals surface area (Å²) in [7, 11) is 1.60. The molecule has 2 heterocycles. The molecule has 0 bridgehead atoms. The van der Waals surface area contributed by atoms with Gasteiger partial charge in [-0.05, 0) is 36.4 Å². The van der Waals surface area contributed by atoms with E-state index in [9.17, 15) is 4.79 Å². The maximum Gasteiger partial charge on any atom is 0.230 e. The molecule has 0 spiro atoms. The summed E-state index contributed by atoms with van der Waals surface area (Å²) in [6, 6.07) is 10.8. The zero-order valence-electron chi connectivity index (χ0n) is 11.9. The maximum atomic E-state index is 12.1. The summed E-state index contributed by atoms with van der Waals surface area (Å²) in [6.45, 7) is 0. The Morgan fingerprint density at radius 2 is 2.00 bits per heavy atom. The average Bonchev–Trinajstić information content (AvgIpc) is 2.89. The lowest BCUT2D eigenvalue weighted by Crippen LogP contribution is -2.14. The van der Waals surface area contributed by atoms with Crippen LogP contribution in [0.25, 0.3) is 5.65 Å². The first-order chi connectivity index (χ1) is 10.6. The van der Waals surface area contributed by atoms with Gasteiger partial charge >= 0.3 is 0 Å². The molecular weight excluding hydrogens is 302 g/mol. The number of hydrogen-bond donors (Lipinski definition) is 1. The van der Waals surface area contributed by atoms with E-state index in [0.29, 0.717) is 10.7 Å². The second-order valence-corrected chi connectivity index (χ2v) is 5.23. The lowest BCUT2D eigenvalue weighted by molar-refractivity contribution is -0.115. The van der Waals surface area contributed by atoms with Crippen molar-refractivity contribution in [1.82, 2.24) is 9.38 Å². The fourth-order valence-corrected chi connectivity index (χ4v) is 2.31. The molecule has 0 aliphatic carbocycles. The van der Waals surface area contributed by atoms with E-state index in [1.807, 2.05) is 6.07 Å². The van der Waals surface area contributed by atoms with Gasteiger partial charge in [0.15, 0.2) is 0 Å². The van der Waals surface area contributed by atoms with Crippen LogP contribution >= 0.6 is 11.6 Å². The van der Waals surface area contributed by atoms with Crippen molar-refractivity contribution in [2.45, 2.75) is 6.42 Å². The van der Waals surface area contributed by atoms with Gasteiger partial charge in [-0.1, -0.05) is 11.6 Å². The Labute approximate surface area is 132 Å². The monoisotopic (exact) mass is 315 g/mol. The highest BCUT2D eigenvalue weighted by Gasteiger charge is 2.08. The van der Waals surface area contributed by atoms with E-state index in [1.165, 1.54) is 0 Å². The molecule has 1 amide bonds. The number of rotatable bonds is 4. The number of fused-ring (bicyclic) bond motifs is 1. The normalized spacial score (nSPS) is 10.6. The standard InChI is InChI=1S/C16H14ClN3O2/c1-22-14-5-3-12(4-6-14)19-16(21)8-13-10-20-9-11(17)2-7-15(20)18-13/h2-7,9-10H,8H2,1H3,(H,19,21). The van der Waals surface area contributed by atoms with E-state index in [1.54, 1.807) is 54.2 Å². The third kappa shape index (κ3) is 3.20. The molecule has 1 aromatic carbocycles. The minimum atomic E-state index is -0.125. The molecule has 0 aliphatic rings. The van der Waals surface area contributed by atoms with E-state index in [4.69, 9.17) is 16.3 Å². The molecule has 3 rings (SSSR count). The molecule has 0 unspecified atom stereocenters. The topological polar surface area (TPSA) is 55.6 Å². The van der Waals surface area contributed by atoms with Crippen LogP contribution in [-0.4, -0.2) is 22.4 Å². The number of hydrogen-bond acceptors (Lipinski definition) is 3. The van der Waals surface area contributed by atoms with Crippen LogP contribution in [0.2, 0.25) is 5.02 Å². The van der Waals surface area contributed by atoms with Crippen molar-refractivity contribution in [2.75, 3.05) is 12.4 Å². The molecule has 0 radical (unpaired) electrons. The van der Waals surface area contributed by atoms with E-state index in [0.717, 1.165) is 17.1 Å². The molecule has 2 aromatic heterocycles. The number of nitrogens with one attached hydrogen (secondary N) is 1. The quantitative estimate of drug-likeness (QED) is 0.804. The molecule has 6 heteroatoms. The number of pyridine rings is 1. The van der Waals surface area contributed by atoms with Gasteiger partial charge in [0.2, 0.25) is 5.91 Å². The molecule has 5 nitrogen and oxygen atoms in total. The number of halogens is 1. The Balaban J connectivity index is 1.69. The number of methoxy groups -OCH3 is 1. The summed E-state index contributed by atoms with van der Waals surface area (Å²) in [5.74, 6) is 0.620. The minimum absolute atomic E-state index is 0.125. The van der Waals surface area contributed by atoms with Gasteiger partial charge in [0, 0.05) is 18.1 Å². The number of amides is 1. The van der Waals surface area contributed by atoms with Gasteiger partial charge in [0.1, 0.15) is 11.4 Å². The Kier molecular flexibility index (Phi) is 3.98. The van der Waals surface area contributed by atoms with Gasteiger partial charge in [0.25, 0.3) is 0 Å². The fraction of sp³-hybridized carbons (Fsp3) is 0.125. The number of benzene rings is 1. The number of carbonyl (C=O) groups excluding carboxylic acids is 1. The molecular formula is C16H14ClN3O2. The Morgan fingerprint density at radius 3 is 2.73 bits per heavy atom. The van der Waals surface area contributed by atoms with Crippen molar-refractivity contribution in [2.24, 2.45) is 0 Å². The van der Waals surface area contributed by atoms with Crippen LogP contribution in [0.15, 0.2) is 48.8 Å². The van der Waals surface area contributed by atoms with Crippen molar-refractivity contribution in [1.29, 1.82) is 0 Å². The van der Waals surface area contributed by atoms with Gasteiger partial charge in [-0.3, -0.25) is 4.79 Å². The molecule has 0 atom stereocenters. The second kappa shape index (κ2) is 6.07. The van der Waals surface area contributed by atoms with Gasteiger partial charge in [-0.25, -0.2) is 4.98 Å². The molecule has 112 valence electrons. The summed E-state index contributed by atoms with van der Waals surface area (Å²) in [5, 5.41) is 3.45. The van der Waals surface area contributed by atoms with E-state index in [-0.39, 0.29) is 12.3 Å². The highest BCUT2D eigenvalue weighted by Crippen LogP contribution is 2.16. The number of carbonyl (C=O) groups is 1. The van der Waals surface area contributed by atoms with Crippen LogP contribution in [0.1, 0.15) is 5.69 Å². The molecule has 3 aromatic rings. The molecule has 1 N–H and O–H groups in total. The second-order valence-electron chi connectivity index (χ2n) is 4.80. The summed E-state index contributed by atoms with van der Waals surface area (Å²) in [4.78, 5) is 16.4. The predicted octanol–water partition coefficient (Wildman–Crippen LogP) is 3.18. The highest BCUT2D eigenvalue weighted by atomic mass is 35.5. The van der Waals surface area contributed by atoms with Crippen LogP contribution in [0.5, 0.6) is 5.75 Å². The van der Waals surface area contributed by atoms with Gasteiger partial charge in [-0.2, -0.15) is 0 Å². The summed E-state index contributed by atoms with van der Waals surface area (Å²) < 4.78 is 6.88. The van der Waals surface area contributed by atoms with Crippen LogP contribution < -0.4 is 10.1 Å². The average molecular weight is 316 g/mol. The minimum Gasteiger partial charge on any atom is -0.497 e. The zero-order valence-corrected chi connectivity index (χ0v) is 12.7. The van der Waals surface area contributed by atoms with Crippen LogP contribution in [0.3, 0.4) is 0 Å². The zero-order chi connectivity index (χ0) is 15.5. The van der Waals surface area contributed by atoms with Crippen molar-refractivity contribution in [3.63, 3.8) is 0 Å². The van der Waals surface area contributed by atoms with Gasteiger partial charge in [-0.15, -0.1) is 0 Å². The van der Waals surface area contributed by atoms with Crippen molar-refractivity contribution in [3.05, 3.63) is 59.5 Å². The van der Waals surface area contributed by atoms with Crippen LogP contribution in [0.4, 0.5) is 5.69 Å². The van der Waals surface area contributed by atoms with Crippen molar-refractivity contribution < 1.29 is 9.53 Å². The van der Waals surface area contributed by atoms with Gasteiger partial charge < -0.3 is 14.5 Å². The van der Waals surface area contributed by atoms with Crippen molar-refractivity contribution >= 4 is 28.8 Å². The summed E-state index contributed by atoms with van der Waals surface area (Å²) in [5.41, 5.74) is 2.17. The Morgan fingerprint density at radius 1 is 1.23 bits per heavy atom. The van der Waals surface area contributed by atoms with E-state index in [2.05, 4.69) is 10.3 Å². The molecule has 0 aliphatic heterocycles. The Bertz CT molecular complexity index is 812. The first kappa shape index (κ1) is 14.4. The van der Waals surface area contributed by atoms with E-state index < -0.39 is 0 Å². The summed E-state index contributed by atoms with van der Waals surface area (Å²) >= 11 is 5.93. The maximum absolute atomic E-state index is 12.1. The van der Waals surface area contributed by atoms with Crippen molar-refractivity contribution in [3.8, 4) is 5.75 Å². The highest BCUT2D eigenvalue weighted by molar-refractivity contribution is 6.30. The number of nitrogens with zero attached hydrogens (tertiary/aromatic N) is 2. The number of aromatic nitrogens is 2. The SMILES string of the molecule is COc1ccc(NC(=O)Cc2cn3cc(Cl)ccc3n2)cc1. The Hall–Kier alpha value is -2.53. The molecule has 0 fully saturated rings. The first-order valence-corrected chi connectivity index (χ1v) is 7.09. The fourth-order valence-electron chi connectivity index (χ4n) is 2.15. The molecule has 0 saturated carbocycles. The third-order valence-electron chi connectivity index (χ3n) is 3.18. The van der Waals surface area contributed by atoms with E-state index >= 15 is 0 Å². The number of imidazole rings is 1. The predicted molar refractivity (Wildman–Crippen MR) is 85.5 cm³/mol. The lowest BCUT2D eigenvalue weighted by atomic mass is 10.2. The van der Waals surface area contributed by atoms with Crippen LogP contribution in [-0.2, 0) is 11.2 Å². The number of anilines is 1. The number of ether oxygens (including phenoxy) is 1. The third-order valence-corrected chi connectivity index (χ3v) is 3.40. The first-order valence-electron chi connectivity index (χ1n) is 6.71. The smallest absolute Gasteiger partial charge is 0.230 e.